The lowest BCUT2D eigenvalue weighted by atomic mass is 9.97. The lowest BCUT2D eigenvalue weighted by Crippen LogP contribution is -2.41. The number of carbonyl (C=O) groups excluding carboxylic acids is 2. The Hall–Kier alpha value is -4.50. The smallest absolute Gasteiger partial charge is 0.297 e. The second kappa shape index (κ2) is 13.5. The minimum atomic E-state index is -1.15. The number of aromatic nitrogens is 2. The van der Waals surface area contributed by atoms with Gasteiger partial charge < -0.3 is 10.1 Å². The van der Waals surface area contributed by atoms with Gasteiger partial charge in [0.25, 0.3) is 11.9 Å². The third-order valence-electron chi connectivity index (χ3n) is 6.67. The van der Waals surface area contributed by atoms with Gasteiger partial charge in [-0.25, -0.2) is 9.87 Å². The molecule has 3 N–H and O–H groups in total. The molecule has 4 aromatic rings. The van der Waals surface area contributed by atoms with Crippen LogP contribution in [0, 0.1) is 11.7 Å². The summed E-state index contributed by atoms with van der Waals surface area (Å²) in [5, 5.41) is 12.1. The Labute approximate surface area is 232 Å². The lowest BCUT2D eigenvalue weighted by Gasteiger charge is -2.17. The number of ether oxygens (including phenoxy) is 1. The predicted octanol–water partition coefficient (Wildman–Crippen LogP) is 4.68. The summed E-state index contributed by atoms with van der Waals surface area (Å²) < 4.78 is 22.8. The van der Waals surface area contributed by atoms with Crippen molar-refractivity contribution in [3.05, 3.63) is 107 Å². The molecule has 0 bridgehead atoms. The Morgan fingerprint density at radius 3 is 2.30 bits per heavy atom. The number of benzene rings is 3. The number of hydroxylamine groups is 1. The van der Waals surface area contributed by atoms with E-state index in [9.17, 15) is 14.8 Å². The molecule has 0 aliphatic heterocycles. The van der Waals surface area contributed by atoms with E-state index in [4.69, 9.17) is 4.74 Å². The largest absolute Gasteiger partial charge is 0.465 e. The average Bonchev–Trinajstić information content (AvgIpc) is 3.32. The number of nitrogens with one attached hydrogen (secondary N) is 2. The van der Waals surface area contributed by atoms with Crippen LogP contribution < -0.4 is 15.5 Å². The molecule has 2 amide bonds. The number of carbonyl (C=O) groups is 2. The number of amides is 2. The molecule has 0 spiro atoms. The average molecular weight is 545 g/mol. The van der Waals surface area contributed by atoms with Gasteiger partial charge in [-0.2, -0.15) is 4.98 Å². The molecule has 0 aliphatic carbocycles. The van der Waals surface area contributed by atoms with Crippen LogP contribution >= 0.6 is 0 Å². The SMILES string of the molecule is CCOc1nc(CC)c(CNC(=O)C(Cc2ccccc2)C(=O)NO)n1Cc1ccc(-c2ccccc2)cc1F. The van der Waals surface area contributed by atoms with E-state index < -0.39 is 17.7 Å². The molecule has 0 radical (unpaired) electrons. The summed E-state index contributed by atoms with van der Waals surface area (Å²) in [6.45, 7) is 4.30. The summed E-state index contributed by atoms with van der Waals surface area (Å²) in [6.07, 6.45) is 0.667. The Balaban J connectivity index is 1.59. The first kappa shape index (κ1) is 28.5. The molecule has 208 valence electrons. The standard InChI is InChI=1S/C31H33FN4O4/c1-3-27-28(19-33-29(37)25(30(38)35-39)17-21-11-7-5-8-12-21)36(31(34-27)40-4-2)20-24-16-15-23(18-26(24)32)22-13-9-6-10-14-22/h5-16,18,25,39H,3-4,17,19-20H2,1-2H3,(H,33,37)(H,35,38). The highest BCUT2D eigenvalue weighted by Crippen LogP contribution is 2.26. The van der Waals surface area contributed by atoms with E-state index in [0.29, 0.717) is 36.0 Å². The van der Waals surface area contributed by atoms with E-state index in [-0.39, 0.29) is 25.3 Å². The summed E-state index contributed by atoms with van der Waals surface area (Å²) >= 11 is 0. The number of nitrogens with zero attached hydrogens (tertiary/aromatic N) is 2. The van der Waals surface area contributed by atoms with Gasteiger partial charge in [-0.15, -0.1) is 0 Å². The van der Waals surface area contributed by atoms with Gasteiger partial charge in [0.15, 0.2) is 0 Å². The third kappa shape index (κ3) is 6.73. The molecule has 1 aromatic heterocycles. The van der Waals surface area contributed by atoms with Crippen molar-refractivity contribution in [2.45, 2.75) is 39.8 Å². The fourth-order valence-electron chi connectivity index (χ4n) is 4.58. The van der Waals surface area contributed by atoms with E-state index in [1.165, 1.54) is 6.07 Å². The van der Waals surface area contributed by atoms with E-state index in [0.717, 1.165) is 16.7 Å². The van der Waals surface area contributed by atoms with Gasteiger partial charge in [-0.3, -0.25) is 19.4 Å². The quantitative estimate of drug-likeness (QED) is 0.136. The van der Waals surface area contributed by atoms with Crippen molar-refractivity contribution in [2.75, 3.05) is 6.61 Å². The van der Waals surface area contributed by atoms with Crippen LogP contribution in [0.4, 0.5) is 4.39 Å². The lowest BCUT2D eigenvalue weighted by molar-refractivity contribution is -0.140. The van der Waals surface area contributed by atoms with Crippen LogP contribution in [-0.4, -0.2) is 33.2 Å². The van der Waals surface area contributed by atoms with Gasteiger partial charge >= 0.3 is 0 Å². The maximum absolute atomic E-state index is 15.3. The highest BCUT2D eigenvalue weighted by Gasteiger charge is 2.28. The Kier molecular flexibility index (Phi) is 9.64. The topological polar surface area (TPSA) is 105 Å². The molecule has 1 atom stereocenters. The summed E-state index contributed by atoms with van der Waals surface area (Å²) in [6, 6.07) is 24.1. The molecule has 0 fully saturated rings. The van der Waals surface area contributed by atoms with Crippen molar-refractivity contribution in [3.63, 3.8) is 0 Å². The number of hydrogen-bond acceptors (Lipinski definition) is 5. The Bertz CT molecular complexity index is 1440. The third-order valence-corrected chi connectivity index (χ3v) is 6.67. The first-order valence-electron chi connectivity index (χ1n) is 13.3. The molecule has 8 nitrogen and oxygen atoms in total. The first-order valence-corrected chi connectivity index (χ1v) is 13.3. The second-order valence-electron chi connectivity index (χ2n) is 9.27. The van der Waals surface area contributed by atoms with Gasteiger partial charge in [0.1, 0.15) is 11.7 Å². The fourth-order valence-corrected chi connectivity index (χ4v) is 4.58. The van der Waals surface area contributed by atoms with E-state index in [2.05, 4.69) is 10.3 Å². The van der Waals surface area contributed by atoms with E-state index >= 15 is 4.39 Å². The molecule has 9 heteroatoms. The first-order chi connectivity index (χ1) is 19.4. The molecule has 4 rings (SSSR count). The van der Waals surface area contributed by atoms with Gasteiger partial charge in [0, 0.05) is 5.56 Å². The molecular weight excluding hydrogens is 511 g/mol. The molecular formula is C31H33FN4O4. The monoisotopic (exact) mass is 544 g/mol. The highest BCUT2D eigenvalue weighted by atomic mass is 19.1. The maximum atomic E-state index is 15.3. The molecule has 0 saturated carbocycles. The van der Waals surface area contributed by atoms with Gasteiger partial charge in [0.05, 0.1) is 31.1 Å². The van der Waals surface area contributed by atoms with Crippen LogP contribution in [0.25, 0.3) is 11.1 Å². The molecule has 40 heavy (non-hydrogen) atoms. The summed E-state index contributed by atoms with van der Waals surface area (Å²) in [5.74, 6) is -2.88. The molecule has 0 saturated heterocycles. The van der Waals surface area contributed by atoms with Crippen molar-refractivity contribution < 1.29 is 23.9 Å². The molecule has 0 aliphatic rings. The number of rotatable bonds is 12. The highest BCUT2D eigenvalue weighted by molar-refractivity contribution is 6.00. The maximum Gasteiger partial charge on any atom is 0.297 e. The zero-order valence-corrected chi connectivity index (χ0v) is 22.6. The van der Waals surface area contributed by atoms with Gasteiger partial charge in [-0.05, 0) is 42.5 Å². The summed E-state index contributed by atoms with van der Waals surface area (Å²) in [5.41, 5.74) is 5.83. The van der Waals surface area contributed by atoms with Crippen LogP contribution in [0.3, 0.4) is 0 Å². The van der Waals surface area contributed by atoms with Crippen LogP contribution in [0.1, 0.15) is 36.4 Å². The normalized spacial score (nSPS) is 11.6. The number of hydrogen-bond donors (Lipinski definition) is 3. The number of imidazole rings is 1. The summed E-state index contributed by atoms with van der Waals surface area (Å²) in [7, 11) is 0. The Morgan fingerprint density at radius 1 is 0.975 bits per heavy atom. The zero-order chi connectivity index (χ0) is 28.5. The van der Waals surface area contributed by atoms with Crippen molar-refractivity contribution in [1.29, 1.82) is 0 Å². The zero-order valence-electron chi connectivity index (χ0n) is 22.6. The predicted molar refractivity (Wildman–Crippen MR) is 149 cm³/mol. The minimum absolute atomic E-state index is 0.0375. The fraction of sp³-hybridized carbons (Fsp3) is 0.258. The minimum Gasteiger partial charge on any atom is -0.465 e. The van der Waals surface area contributed by atoms with E-state index in [1.807, 2.05) is 68.4 Å². The molecule has 3 aromatic carbocycles. The second-order valence-corrected chi connectivity index (χ2v) is 9.27. The van der Waals surface area contributed by atoms with Crippen molar-refractivity contribution in [1.82, 2.24) is 20.3 Å². The molecule has 1 heterocycles. The summed E-state index contributed by atoms with van der Waals surface area (Å²) in [4.78, 5) is 30.1. The molecule has 1 unspecified atom stereocenters. The van der Waals surface area contributed by atoms with Crippen LogP contribution in [0.15, 0.2) is 78.9 Å². The van der Waals surface area contributed by atoms with Crippen molar-refractivity contribution in [3.8, 4) is 17.1 Å². The van der Waals surface area contributed by atoms with Crippen LogP contribution in [0.5, 0.6) is 6.01 Å². The Morgan fingerprint density at radius 2 is 1.68 bits per heavy atom. The van der Waals surface area contributed by atoms with Crippen molar-refractivity contribution >= 4 is 11.8 Å². The van der Waals surface area contributed by atoms with Gasteiger partial charge in [-0.1, -0.05) is 79.7 Å². The van der Waals surface area contributed by atoms with E-state index in [1.54, 1.807) is 28.2 Å². The number of halogens is 1. The van der Waals surface area contributed by atoms with Gasteiger partial charge in [0.2, 0.25) is 5.91 Å². The van der Waals surface area contributed by atoms with Crippen LogP contribution in [-0.2, 0) is 35.5 Å². The van der Waals surface area contributed by atoms with Crippen LogP contribution in [0.2, 0.25) is 0 Å². The van der Waals surface area contributed by atoms with Crippen molar-refractivity contribution in [2.24, 2.45) is 5.92 Å². The number of aryl methyl sites for hydroxylation is 1.